The van der Waals surface area contributed by atoms with E-state index in [0.29, 0.717) is 25.4 Å². The molecule has 0 radical (unpaired) electrons. The van der Waals surface area contributed by atoms with Crippen LogP contribution in [0.15, 0.2) is 41.5 Å². The van der Waals surface area contributed by atoms with E-state index < -0.39 is 5.97 Å². The molecule has 1 saturated heterocycles. The summed E-state index contributed by atoms with van der Waals surface area (Å²) >= 11 is 0. The van der Waals surface area contributed by atoms with Gasteiger partial charge in [-0.3, -0.25) is 14.6 Å². The fourth-order valence-corrected chi connectivity index (χ4v) is 3.27. The Hall–Kier alpha value is -2.63. The molecule has 0 spiro atoms. The first-order valence-electron chi connectivity index (χ1n) is 10.4. The summed E-state index contributed by atoms with van der Waals surface area (Å²) in [5.41, 5.74) is 1.15. The molecule has 1 aromatic rings. The summed E-state index contributed by atoms with van der Waals surface area (Å²) in [4.78, 5) is 28.8. The average molecular weight is 401 g/mol. The molecule has 1 aromatic carbocycles. The number of carbonyl (C=O) groups excluding carboxylic acids is 1. The first-order valence-corrected chi connectivity index (χ1v) is 10.4. The lowest BCUT2D eigenvalue weighted by Crippen LogP contribution is -2.39. The maximum absolute atomic E-state index is 12.3. The molecule has 0 aliphatic carbocycles. The van der Waals surface area contributed by atoms with Crippen molar-refractivity contribution in [2.75, 3.05) is 19.7 Å². The molecule has 0 aromatic heterocycles. The highest BCUT2D eigenvalue weighted by Crippen LogP contribution is 2.22. The quantitative estimate of drug-likeness (QED) is 0.445. The van der Waals surface area contributed by atoms with E-state index in [1.165, 1.54) is 0 Å². The second-order valence-electron chi connectivity index (χ2n) is 7.46. The summed E-state index contributed by atoms with van der Waals surface area (Å²) in [6.07, 6.45) is 9.92. The number of nitrogens with zero attached hydrogens (tertiary/aromatic N) is 2. The van der Waals surface area contributed by atoms with Gasteiger partial charge >= 0.3 is 5.97 Å². The second-order valence-corrected chi connectivity index (χ2v) is 7.46. The normalized spacial score (nSPS) is 15.3. The number of carbonyl (C=O) groups is 2. The van der Waals surface area contributed by atoms with Crippen LogP contribution in [0.1, 0.15) is 50.5 Å². The standard InChI is InChI=1S/C23H32N2O4/c1-19-8-4-5-9-21(19)29-18-20-12-16-25(17-13-20)22(26)10-7-15-24-14-6-2-3-11-23(27)28/h4-5,7-9,14-15,20H,2-3,6,10-13,16-18H2,1H3,(H,27,28)/b15-7+,24-14?. The van der Waals surface area contributed by atoms with Crippen LogP contribution in [-0.4, -0.2) is 47.8 Å². The van der Waals surface area contributed by atoms with Crippen LogP contribution in [0.2, 0.25) is 0 Å². The minimum absolute atomic E-state index is 0.135. The number of aliphatic imine (C=N–C) groups is 1. The first kappa shape index (κ1) is 22.7. The van der Waals surface area contributed by atoms with Crippen molar-refractivity contribution in [3.05, 3.63) is 42.1 Å². The topological polar surface area (TPSA) is 79.2 Å². The molecule has 158 valence electrons. The van der Waals surface area contributed by atoms with Gasteiger partial charge in [0, 0.05) is 38.3 Å². The van der Waals surface area contributed by atoms with Crippen molar-refractivity contribution in [2.24, 2.45) is 10.9 Å². The van der Waals surface area contributed by atoms with Gasteiger partial charge in [-0.15, -0.1) is 0 Å². The van der Waals surface area contributed by atoms with Gasteiger partial charge in [0.2, 0.25) is 5.91 Å². The van der Waals surface area contributed by atoms with Gasteiger partial charge in [-0.05, 0) is 56.6 Å². The maximum atomic E-state index is 12.3. The number of amides is 1. The number of benzene rings is 1. The summed E-state index contributed by atoms with van der Waals surface area (Å²) in [6.45, 7) is 4.31. The Kier molecular flexibility index (Phi) is 9.96. The number of carboxylic acids is 1. The van der Waals surface area contributed by atoms with E-state index in [2.05, 4.69) is 4.99 Å². The molecule has 0 unspecified atom stereocenters. The minimum Gasteiger partial charge on any atom is -0.493 e. The van der Waals surface area contributed by atoms with E-state index in [1.54, 1.807) is 18.5 Å². The number of ether oxygens (including phenoxy) is 1. The molecule has 0 bridgehead atoms. The second kappa shape index (κ2) is 12.8. The number of para-hydroxylation sites is 1. The number of unbranched alkanes of at least 4 members (excludes halogenated alkanes) is 2. The number of rotatable bonds is 11. The predicted molar refractivity (Wildman–Crippen MR) is 114 cm³/mol. The molecule has 6 heteroatoms. The maximum Gasteiger partial charge on any atom is 0.303 e. The lowest BCUT2D eigenvalue weighted by atomic mass is 9.97. The van der Waals surface area contributed by atoms with Crippen LogP contribution in [0.3, 0.4) is 0 Å². The zero-order valence-electron chi connectivity index (χ0n) is 17.3. The highest BCUT2D eigenvalue weighted by molar-refractivity contribution is 5.77. The van der Waals surface area contributed by atoms with Crippen molar-refractivity contribution in [1.29, 1.82) is 0 Å². The number of aryl methyl sites for hydroxylation is 1. The van der Waals surface area contributed by atoms with Crippen molar-refractivity contribution < 1.29 is 19.4 Å². The number of hydrogen-bond donors (Lipinski definition) is 1. The molecule has 1 aliphatic rings. The van der Waals surface area contributed by atoms with E-state index in [1.807, 2.05) is 36.1 Å². The van der Waals surface area contributed by atoms with Crippen molar-refractivity contribution in [3.63, 3.8) is 0 Å². The Balaban J connectivity index is 1.58. The largest absolute Gasteiger partial charge is 0.493 e. The number of hydrogen-bond acceptors (Lipinski definition) is 4. The Labute approximate surface area is 173 Å². The minimum atomic E-state index is -0.761. The third kappa shape index (κ3) is 8.94. The summed E-state index contributed by atoms with van der Waals surface area (Å²) in [5.74, 6) is 0.804. The van der Waals surface area contributed by atoms with Gasteiger partial charge in [-0.2, -0.15) is 0 Å². The number of carboxylic acid groups (broad SMARTS) is 1. The molecule has 1 amide bonds. The molecular formula is C23H32N2O4. The zero-order chi connectivity index (χ0) is 20.9. The molecule has 1 fully saturated rings. The molecule has 1 aliphatic heterocycles. The summed E-state index contributed by atoms with van der Waals surface area (Å²) in [7, 11) is 0. The molecule has 1 heterocycles. The predicted octanol–water partition coefficient (Wildman–Crippen LogP) is 4.23. The van der Waals surface area contributed by atoms with Crippen molar-refractivity contribution in [2.45, 2.75) is 51.9 Å². The van der Waals surface area contributed by atoms with Crippen LogP contribution < -0.4 is 4.74 Å². The van der Waals surface area contributed by atoms with Gasteiger partial charge in [0.05, 0.1) is 6.61 Å². The first-order chi connectivity index (χ1) is 14.1. The van der Waals surface area contributed by atoms with Gasteiger partial charge in [-0.25, -0.2) is 0 Å². The molecule has 2 rings (SSSR count). The van der Waals surface area contributed by atoms with E-state index in [0.717, 1.165) is 50.1 Å². The van der Waals surface area contributed by atoms with E-state index in [9.17, 15) is 9.59 Å². The Morgan fingerprint density at radius 3 is 2.72 bits per heavy atom. The zero-order valence-corrected chi connectivity index (χ0v) is 17.3. The smallest absolute Gasteiger partial charge is 0.303 e. The third-order valence-electron chi connectivity index (χ3n) is 5.10. The van der Waals surface area contributed by atoms with Crippen LogP contribution in [0.25, 0.3) is 0 Å². The van der Waals surface area contributed by atoms with E-state index in [4.69, 9.17) is 9.84 Å². The molecule has 6 nitrogen and oxygen atoms in total. The van der Waals surface area contributed by atoms with Gasteiger partial charge in [0.15, 0.2) is 0 Å². The van der Waals surface area contributed by atoms with Crippen molar-refractivity contribution in [1.82, 2.24) is 4.90 Å². The van der Waals surface area contributed by atoms with E-state index >= 15 is 0 Å². The van der Waals surface area contributed by atoms with Gasteiger partial charge in [0.1, 0.15) is 5.75 Å². The number of likely N-dealkylation sites (tertiary alicyclic amines) is 1. The van der Waals surface area contributed by atoms with Crippen LogP contribution in [0.4, 0.5) is 0 Å². The fourth-order valence-electron chi connectivity index (χ4n) is 3.27. The molecule has 1 N–H and O–H groups in total. The summed E-state index contributed by atoms with van der Waals surface area (Å²) in [6, 6.07) is 8.04. The summed E-state index contributed by atoms with van der Waals surface area (Å²) in [5, 5.41) is 8.56. The third-order valence-corrected chi connectivity index (χ3v) is 5.10. The number of piperidine rings is 1. The Bertz CT molecular complexity index is 707. The monoisotopic (exact) mass is 400 g/mol. The fraction of sp³-hybridized carbons (Fsp3) is 0.522. The SMILES string of the molecule is Cc1ccccc1OCC1CCN(C(=O)C/C=C/N=CCCCCC(=O)O)CC1. The summed E-state index contributed by atoms with van der Waals surface area (Å²) < 4.78 is 5.95. The average Bonchev–Trinajstić information content (AvgIpc) is 2.72. The van der Waals surface area contributed by atoms with E-state index in [-0.39, 0.29) is 12.3 Å². The molecule has 0 saturated carbocycles. The van der Waals surface area contributed by atoms with Crippen molar-refractivity contribution in [3.8, 4) is 5.75 Å². The molecule has 29 heavy (non-hydrogen) atoms. The number of aliphatic carboxylic acids is 1. The van der Waals surface area contributed by atoms with Gasteiger partial charge in [0.25, 0.3) is 0 Å². The molecular weight excluding hydrogens is 368 g/mol. The van der Waals surface area contributed by atoms with Crippen LogP contribution >= 0.6 is 0 Å². The van der Waals surface area contributed by atoms with Crippen LogP contribution in [0, 0.1) is 12.8 Å². The lowest BCUT2D eigenvalue weighted by molar-refractivity contribution is -0.137. The van der Waals surface area contributed by atoms with Crippen LogP contribution in [0.5, 0.6) is 5.75 Å². The van der Waals surface area contributed by atoms with Gasteiger partial charge < -0.3 is 14.7 Å². The molecule has 0 atom stereocenters. The van der Waals surface area contributed by atoms with Gasteiger partial charge in [-0.1, -0.05) is 24.3 Å². The Morgan fingerprint density at radius 2 is 2.00 bits per heavy atom. The van der Waals surface area contributed by atoms with Crippen molar-refractivity contribution >= 4 is 18.1 Å². The lowest BCUT2D eigenvalue weighted by Gasteiger charge is -2.31. The van der Waals surface area contributed by atoms with Crippen LogP contribution in [-0.2, 0) is 9.59 Å². The Morgan fingerprint density at radius 1 is 1.24 bits per heavy atom. The highest BCUT2D eigenvalue weighted by atomic mass is 16.5. The highest BCUT2D eigenvalue weighted by Gasteiger charge is 2.22.